The highest BCUT2D eigenvalue weighted by molar-refractivity contribution is 5.52. The normalized spacial score (nSPS) is 11.5. The Bertz CT molecular complexity index is 563. The van der Waals surface area contributed by atoms with Crippen molar-refractivity contribution in [3.05, 3.63) is 59.2 Å². The lowest BCUT2D eigenvalue weighted by molar-refractivity contribution is 0.592. The molecule has 2 heteroatoms. The van der Waals surface area contributed by atoms with Gasteiger partial charge in [-0.2, -0.15) is 0 Å². The lowest BCUT2D eigenvalue weighted by Gasteiger charge is -2.22. The fourth-order valence-electron chi connectivity index (χ4n) is 2.23. The van der Waals surface area contributed by atoms with Crippen LogP contribution in [0.1, 0.15) is 37.5 Å². The van der Waals surface area contributed by atoms with Gasteiger partial charge < -0.3 is 11.5 Å². The fourth-order valence-corrected chi connectivity index (χ4v) is 2.23. The molecule has 2 nitrogen and oxygen atoms in total. The molecule has 100 valence electrons. The summed E-state index contributed by atoms with van der Waals surface area (Å²) in [4.78, 5) is 0. The van der Waals surface area contributed by atoms with Crippen LogP contribution in [-0.4, -0.2) is 0 Å². The van der Waals surface area contributed by atoms with Crippen LogP contribution < -0.4 is 11.5 Å². The van der Waals surface area contributed by atoms with Crippen molar-refractivity contribution in [1.82, 2.24) is 0 Å². The molecule has 0 aliphatic heterocycles. The molecule has 0 saturated carbocycles. The van der Waals surface area contributed by atoms with E-state index in [9.17, 15) is 0 Å². The Balaban J connectivity index is 2.29. The standard InChI is InChI=1S/C17H22N2/c1-17(2,3)15-11-13(6-9-16(15)19)10-12-4-7-14(18)8-5-12/h4-9,11H,10,18-19H2,1-3H3. The van der Waals surface area contributed by atoms with Crippen molar-refractivity contribution < 1.29 is 0 Å². The lowest BCUT2D eigenvalue weighted by atomic mass is 9.84. The van der Waals surface area contributed by atoms with Gasteiger partial charge in [0.2, 0.25) is 0 Å². The summed E-state index contributed by atoms with van der Waals surface area (Å²) in [7, 11) is 0. The van der Waals surface area contributed by atoms with Crippen molar-refractivity contribution in [1.29, 1.82) is 0 Å². The summed E-state index contributed by atoms with van der Waals surface area (Å²) >= 11 is 0. The Morgan fingerprint density at radius 1 is 0.842 bits per heavy atom. The monoisotopic (exact) mass is 254 g/mol. The number of hydrogen-bond donors (Lipinski definition) is 2. The van der Waals surface area contributed by atoms with Gasteiger partial charge in [-0.05, 0) is 46.7 Å². The van der Waals surface area contributed by atoms with Crippen LogP contribution in [0.2, 0.25) is 0 Å². The molecule has 2 aromatic carbocycles. The number of rotatable bonds is 2. The van der Waals surface area contributed by atoms with E-state index in [0.29, 0.717) is 0 Å². The number of hydrogen-bond acceptors (Lipinski definition) is 2. The molecule has 0 fully saturated rings. The first-order chi connectivity index (χ1) is 8.86. The summed E-state index contributed by atoms with van der Waals surface area (Å²) in [6.45, 7) is 6.56. The van der Waals surface area contributed by atoms with Crippen molar-refractivity contribution in [2.45, 2.75) is 32.6 Å². The maximum Gasteiger partial charge on any atom is 0.0352 e. The molecule has 2 aromatic rings. The summed E-state index contributed by atoms with van der Waals surface area (Å²) < 4.78 is 0. The number of anilines is 2. The zero-order valence-corrected chi connectivity index (χ0v) is 11.9. The molecule has 0 spiro atoms. The summed E-state index contributed by atoms with van der Waals surface area (Å²) in [5, 5.41) is 0. The van der Waals surface area contributed by atoms with Gasteiger partial charge in [0.1, 0.15) is 0 Å². The molecule has 0 heterocycles. The largest absolute Gasteiger partial charge is 0.399 e. The minimum Gasteiger partial charge on any atom is -0.399 e. The second kappa shape index (κ2) is 4.96. The minimum atomic E-state index is 0.0706. The van der Waals surface area contributed by atoms with Gasteiger partial charge in [-0.25, -0.2) is 0 Å². The van der Waals surface area contributed by atoms with E-state index in [0.717, 1.165) is 17.8 Å². The molecular weight excluding hydrogens is 232 g/mol. The third-order valence-electron chi connectivity index (χ3n) is 3.31. The Hall–Kier alpha value is -1.96. The highest BCUT2D eigenvalue weighted by Gasteiger charge is 2.17. The molecule has 0 bridgehead atoms. The average molecular weight is 254 g/mol. The van der Waals surface area contributed by atoms with Crippen molar-refractivity contribution >= 4 is 11.4 Å². The molecule has 0 unspecified atom stereocenters. The molecular formula is C17H22N2. The van der Waals surface area contributed by atoms with Crippen LogP contribution in [0.5, 0.6) is 0 Å². The van der Waals surface area contributed by atoms with Crippen molar-refractivity contribution in [2.75, 3.05) is 11.5 Å². The quantitative estimate of drug-likeness (QED) is 0.802. The molecule has 0 aliphatic rings. The molecule has 0 aromatic heterocycles. The topological polar surface area (TPSA) is 52.0 Å². The van der Waals surface area contributed by atoms with Crippen LogP contribution in [0.4, 0.5) is 11.4 Å². The molecule has 0 atom stereocenters. The first-order valence-electron chi connectivity index (χ1n) is 6.59. The van der Waals surface area contributed by atoms with E-state index < -0.39 is 0 Å². The second-order valence-electron chi connectivity index (χ2n) is 6.09. The smallest absolute Gasteiger partial charge is 0.0352 e. The minimum absolute atomic E-state index is 0.0706. The summed E-state index contributed by atoms with van der Waals surface area (Å²) in [5.74, 6) is 0. The van der Waals surface area contributed by atoms with Gasteiger partial charge >= 0.3 is 0 Å². The van der Waals surface area contributed by atoms with Gasteiger partial charge in [0.15, 0.2) is 0 Å². The van der Waals surface area contributed by atoms with E-state index in [2.05, 4.69) is 45.0 Å². The predicted molar refractivity (Wildman–Crippen MR) is 83.2 cm³/mol. The Morgan fingerprint density at radius 2 is 1.42 bits per heavy atom. The van der Waals surface area contributed by atoms with E-state index in [1.165, 1.54) is 16.7 Å². The first-order valence-corrected chi connectivity index (χ1v) is 6.59. The summed E-state index contributed by atoms with van der Waals surface area (Å²) in [6, 6.07) is 14.3. The van der Waals surface area contributed by atoms with E-state index in [-0.39, 0.29) is 5.41 Å². The van der Waals surface area contributed by atoms with Crippen LogP contribution in [0.15, 0.2) is 42.5 Å². The van der Waals surface area contributed by atoms with Gasteiger partial charge in [0.25, 0.3) is 0 Å². The van der Waals surface area contributed by atoms with E-state index >= 15 is 0 Å². The Morgan fingerprint density at radius 3 is 2.00 bits per heavy atom. The van der Waals surface area contributed by atoms with Crippen LogP contribution >= 0.6 is 0 Å². The zero-order chi connectivity index (χ0) is 14.0. The highest BCUT2D eigenvalue weighted by atomic mass is 14.6. The van der Waals surface area contributed by atoms with Gasteiger partial charge in [-0.1, -0.05) is 45.0 Å². The lowest BCUT2D eigenvalue weighted by Crippen LogP contribution is -2.14. The van der Waals surface area contributed by atoms with Gasteiger partial charge in [-0.15, -0.1) is 0 Å². The molecule has 0 radical (unpaired) electrons. The van der Waals surface area contributed by atoms with E-state index in [1.807, 2.05) is 18.2 Å². The molecule has 0 amide bonds. The molecule has 0 saturated heterocycles. The summed E-state index contributed by atoms with van der Waals surface area (Å²) in [5.41, 5.74) is 17.3. The number of benzene rings is 2. The SMILES string of the molecule is CC(C)(C)c1cc(Cc2ccc(N)cc2)ccc1N. The van der Waals surface area contributed by atoms with Gasteiger partial charge in [0.05, 0.1) is 0 Å². The third kappa shape index (κ3) is 3.28. The fraction of sp³-hybridized carbons (Fsp3) is 0.294. The van der Waals surface area contributed by atoms with Crippen molar-refractivity contribution in [3.63, 3.8) is 0 Å². The second-order valence-corrected chi connectivity index (χ2v) is 6.09. The van der Waals surface area contributed by atoms with Crippen molar-refractivity contribution in [3.8, 4) is 0 Å². The van der Waals surface area contributed by atoms with Gasteiger partial charge in [0, 0.05) is 11.4 Å². The molecule has 2 rings (SSSR count). The van der Waals surface area contributed by atoms with Crippen LogP contribution in [0.3, 0.4) is 0 Å². The van der Waals surface area contributed by atoms with E-state index in [4.69, 9.17) is 11.5 Å². The zero-order valence-electron chi connectivity index (χ0n) is 11.9. The first kappa shape index (κ1) is 13.5. The van der Waals surface area contributed by atoms with Crippen LogP contribution in [0, 0.1) is 0 Å². The van der Waals surface area contributed by atoms with Crippen LogP contribution in [-0.2, 0) is 11.8 Å². The maximum absolute atomic E-state index is 6.07. The number of nitrogen functional groups attached to an aromatic ring is 2. The van der Waals surface area contributed by atoms with Crippen LogP contribution in [0.25, 0.3) is 0 Å². The van der Waals surface area contributed by atoms with E-state index in [1.54, 1.807) is 0 Å². The predicted octanol–water partition coefficient (Wildman–Crippen LogP) is 3.74. The molecule has 0 aliphatic carbocycles. The maximum atomic E-state index is 6.07. The number of nitrogens with two attached hydrogens (primary N) is 2. The van der Waals surface area contributed by atoms with Gasteiger partial charge in [-0.3, -0.25) is 0 Å². The average Bonchev–Trinajstić information content (AvgIpc) is 2.33. The van der Waals surface area contributed by atoms with Crippen molar-refractivity contribution in [2.24, 2.45) is 0 Å². The Labute approximate surface area is 115 Å². The Kier molecular flexibility index (Phi) is 3.52. The molecule has 4 N–H and O–H groups in total. The molecule has 19 heavy (non-hydrogen) atoms. The third-order valence-corrected chi connectivity index (χ3v) is 3.31. The highest BCUT2D eigenvalue weighted by Crippen LogP contribution is 2.29. The summed E-state index contributed by atoms with van der Waals surface area (Å²) in [6.07, 6.45) is 0.906.